The summed E-state index contributed by atoms with van der Waals surface area (Å²) < 4.78 is 5.36. The van der Waals surface area contributed by atoms with Crippen LogP contribution in [-0.2, 0) is 10.5 Å². The fourth-order valence-electron chi connectivity index (χ4n) is 2.41. The second kappa shape index (κ2) is 7.89. The van der Waals surface area contributed by atoms with Crippen molar-refractivity contribution < 1.29 is 9.21 Å². The first-order valence-electron chi connectivity index (χ1n) is 8.01. The van der Waals surface area contributed by atoms with E-state index in [-0.39, 0.29) is 11.2 Å². The highest BCUT2D eigenvalue weighted by molar-refractivity contribution is 7.99. The Kier molecular flexibility index (Phi) is 5.60. The van der Waals surface area contributed by atoms with Crippen LogP contribution in [-0.4, -0.2) is 16.1 Å². The van der Waals surface area contributed by atoms with Gasteiger partial charge >= 0.3 is 0 Å². The number of thioether (sulfide) groups is 1. The molecule has 1 atom stereocenters. The smallest absolute Gasteiger partial charge is 0.237 e. The molecule has 130 valence electrons. The number of rotatable bonds is 6. The summed E-state index contributed by atoms with van der Waals surface area (Å²) in [7, 11) is 0. The highest BCUT2D eigenvalue weighted by Gasteiger charge is 2.16. The summed E-state index contributed by atoms with van der Waals surface area (Å²) in [4.78, 5) is 17.0. The Hall–Kier alpha value is -2.05. The SMILES string of the molecule is Cc1cccc(C)c1NC(=O)C(C)SCc1csc(-c2ccco2)n1. The first-order chi connectivity index (χ1) is 12.0. The highest BCUT2D eigenvalue weighted by Crippen LogP contribution is 2.27. The number of benzene rings is 1. The Balaban J connectivity index is 1.57. The molecule has 1 aromatic carbocycles. The summed E-state index contributed by atoms with van der Waals surface area (Å²) >= 11 is 3.14. The van der Waals surface area contributed by atoms with E-state index in [0.29, 0.717) is 5.75 Å². The zero-order valence-electron chi connectivity index (χ0n) is 14.4. The Bertz CT molecular complexity index is 836. The molecule has 2 aromatic heterocycles. The van der Waals surface area contributed by atoms with Crippen LogP contribution in [0.4, 0.5) is 5.69 Å². The van der Waals surface area contributed by atoms with Crippen LogP contribution in [0.1, 0.15) is 23.7 Å². The molecule has 0 aliphatic heterocycles. The van der Waals surface area contributed by atoms with Crippen LogP contribution in [0.15, 0.2) is 46.4 Å². The lowest BCUT2D eigenvalue weighted by Gasteiger charge is -2.15. The van der Waals surface area contributed by atoms with E-state index in [2.05, 4.69) is 10.3 Å². The van der Waals surface area contributed by atoms with Crippen LogP contribution < -0.4 is 5.32 Å². The minimum absolute atomic E-state index is 0.0175. The summed E-state index contributed by atoms with van der Waals surface area (Å²) in [5.74, 6) is 1.49. The van der Waals surface area contributed by atoms with Crippen molar-refractivity contribution in [2.45, 2.75) is 31.8 Å². The van der Waals surface area contributed by atoms with Crippen molar-refractivity contribution in [1.82, 2.24) is 4.98 Å². The molecule has 25 heavy (non-hydrogen) atoms. The zero-order valence-corrected chi connectivity index (χ0v) is 16.0. The Labute approximate surface area is 155 Å². The number of thiazole rings is 1. The van der Waals surface area contributed by atoms with Crippen molar-refractivity contribution in [2.75, 3.05) is 5.32 Å². The van der Waals surface area contributed by atoms with Crippen LogP contribution >= 0.6 is 23.1 Å². The molecule has 0 saturated heterocycles. The van der Waals surface area contributed by atoms with Gasteiger partial charge in [-0.15, -0.1) is 23.1 Å². The van der Waals surface area contributed by atoms with Crippen LogP contribution in [0.5, 0.6) is 0 Å². The molecule has 1 unspecified atom stereocenters. The summed E-state index contributed by atoms with van der Waals surface area (Å²) in [6.45, 7) is 5.94. The molecule has 1 amide bonds. The first kappa shape index (κ1) is 17.8. The van der Waals surface area contributed by atoms with Crippen LogP contribution in [0.3, 0.4) is 0 Å². The van der Waals surface area contributed by atoms with Gasteiger partial charge in [0.1, 0.15) is 0 Å². The van der Waals surface area contributed by atoms with Gasteiger partial charge in [0.2, 0.25) is 5.91 Å². The number of aromatic nitrogens is 1. The molecule has 0 fully saturated rings. The van der Waals surface area contributed by atoms with Crippen LogP contribution in [0.2, 0.25) is 0 Å². The molecule has 0 saturated carbocycles. The first-order valence-corrected chi connectivity index (χ1v) is 9.94. The lowest BCUT2D eigenvalue weighted by atomic mass is 10.1. The lowest BCUT2D eigenvalue weighted by Crippen LogP contribution is -2.23. The van der Waals surface area contributed by atoms with Gasteiger partial charge in [-0.25, -0.2) is 4.98 Å². The average molecular weight is 373 g/mol. The molecule has 0 spiro atoms. The number of para-hydroxylation sites is 1. The topological polar surface area (TPSA) is 55.1 Å². The summed E-state index contributed by atoms with van der Waals surface area (Å²) in [6, 6.07) is 9.76. The molecule has 1 N–H and O–H groups in total. The maximum Gasteiger partial charge on any atom is 0.237 e. The number of aryl methyl sites for hydroxylation is 2. The minimum atomic E-state index is -0.159. The van der Waals surface area contributed by atoms with Crippen molar-refractivity contribution >= 4 is 34.7 Å². The van der Waals surface area contributed by atoms with E-state index in [1.165, 1.54) is 0 Å². The van der Waals surface area contributed by atoms with E-state index in [0.717, 1.165) is 33.3 Å². The summed E-state index contributed by atoms with van der Waals surface area (Å²) in [6.07, 6.45) is 1.64. The van der Waals surface area contributed by atoms with Crippen molar-refractivity contribution in [2.24, 2.45) is 0 Å². The van der Waals surface area contributed by atoms with E-state index >= 15 is 0 Å². The highest BCUT2D eigenvalue weighted by atomic mass is 32.2. The number of hydrogen-bond acceptors (Lipinski definition) is 5. The second-order valence-electron chi connectivity index (χ2n) is 5.83. The van der Waals surface area contributed by atoms with Gasteiger partial charge in [0, 0.05) is 16.8 Å². The molecule has 0 bridgehead atoms. The van der Waals surface area contributed by atoms with Gasteiger partial charge in [-0.2, -0.15) is 0 Å². The van der Waals surface area contributed by atoms with E-state index in [9.17, 15) is 4.79 Å². The van der Waals surface area contributed by atoms with Crippen molar-refractivity contribution in [1.29, 1.82) is 0 Å². The molecular weight excluding hydrogens is 352 g/mol. The maximum atomic E-state index is 12.5. The number of carbonyl (C=O) groups is 1. The van der Waals surface area contributed by atoms with Crippen LogP contribution in [0.25, 0.3) is 10.8 Å². The molecule has 3 aromatic rings. The molecule has 4 nitrogen and oxygen atoms in total. The number of carbonyl (C=O) groups excluding carboxylic acids is 1. The number of nitrogens with one attached hydrogen (secondary N) is 1. The standard InChI is InChI=1S/C19H20N2O2S2/c1-12-6-4-7-13(2)17(12)21-18(22)14(3)24-10-15-11-25-19(20-15)16-8-5-9-23-16/h4-9,11,14H,10H2,1-3H3,(H,21,22). The average Bonchev–Trinajstić information content (AvgIpc) is 3.26. The molecule has 3 rings (SSSR count). The molecule has 2 heterocycles. The fraction of sp³-hybridized carbons (Fsp3) is 0.263. The number of hydrogen-bond donors (Lipinski definition) is 1. The number of furan rings is 1. The Morgan fingerprint density at radius 2 is 2.04 bits per heavy atom. The summed E-state index contributed by atoms with van der Waals surface area (Å²) in [5.41, 5.74) is 4.03. The molecule has 0 radical (unpaired) electrons. The number of amides is 1. The zero-order chi connectivity index (χ0) is 17.8. The van der Waals surface area contributed by atoms with Gasteiger partial charge in [0.25, 0.3) is 0 Å². The third-order valence-corrected chi connectivity index (χ3v) is 5.95. The second-order valence-corrected chi connectivity index (χ2v) is 8.02. The summed E-state index contributed by atoms with van der Waals surface area (Å²) in [5, 5.41) is 5.77. The fourth-order valence-corrected chi connectivity index (χ4v) is 4.08. The number of nitrogens with zero attached hydrogens (tertiary/aromatic N) is 1. The normalized spacial score (nSPS) is 12.1. The molecule has 0 aliphatic rings. The van der Waals surface area contributed by atoms with E-state index in [4.69, 9.17) is 4.42 Å². The van der Waals surface area contributed by atoms with Gasteiger partial charge in [-0.3, -0.25) is 4.79 Å². The third kappa shape index (κ3) is 4.32. The van der Waals surface area contributed by atoms with E-state index in [1.807, 2.05) is 56.5 Å². The molecule has 6 heteroatoms. The van der Waals surface area contributed by atoms with Crippen LogP contribution in [0, 0.1) is 13.8 Å². The van der Waals surface area contributed by atoms with Gasteiger partial charge in [0.05, 0.1) is 17.2 Å². The maximum absolute atomic E-state index is 12.5. The van der Waals surface area contributed by atoms with Gasteiger partial charge in [-0.1, -0.05) is 18.2 Å². The predicted octanol–water partition coefficient (Wildman–Crippen LogP) is 5.28. The van der Waals surface area contributed by atoms with Crippen molar-refractivity contribution in [3.63, 3.8) is 0 Å². The van der Waals surface area contributed by atoms with E-state index < -0.39 is 0 Å². The predicted molar refractivity (Wildman–Crippen MR) is 105 cm³/mol. The molecular formula is C19H20N2O2S2. The quantitative estimate of drug-likeness (QED) is 0.639. The molecule has 0 aliphatic carbocycles. The van der Waals surface area contributed by atoms with E-state index in [1.54, 1.807) is 29.4 Å². The number of anilines is 1. The Morgan fingerprint density at radius 1 is 1.28 bits per heavy atom. The van der Waals surface area contributed by atoms with Gasteiger partial charge in [-0.05, 0) is 44.0 Å². The third-order valence-electron chi connectivity index (χ3n) is 3.86. The Morgan fingerprint density at radius 3 is 2.72 bits per heavy atom. The minimum Gasteiger partial charge on any atom is -0.462 e. The largest absolute Gasteiger partial charge is 0.462 e. The monoisotopic (exact) mass is 372 g/mol. The lowest BCUT2D eigenvalue weighted by molar-refractivity contribution is -0.115. The van der Waals surface area contributed by atoms with Crippen molar-refractivity contribution in [3.05, 3.63) is 58.8 Å². The van der Waals surface area contributed by atoms with Gasteiger partial charge in [0.15, 0.2) is 10.8 Å². The van der Waals surface area contributed by atoms with Gasteiger partial charge < -0.3 is 9.73 Å². The van der Waals surface area contributed by atoms with Crippen molar-refractivity contribution in [3.8, 4) is 10.8 Å².